The number of likely N-dealkylation sites (N-methyl/N-ethyl adjacent to an activating group) is 1. The smallest absolute Gasteiger partial charge is 0.131 e. The van der Waals surface area contributed by atoms with Crippen molar-refractivity contribution in [1.29, 1.82) is 0 Å². The minimum atomic E-state index is 0.516. The molecule has 0 saturated heterocycles. The van der Waals surface area contributed by atoms with E-state index in [9.17, 15) is 0 Å². The summed E-state index contributed by atoms with van der Waals surface area (Å²) in [5.74, 6) is 0. The van der Waals surface area contributed by atoms with E-state index in [1.807, 2.05) is 19.2 Å². The van der Waals surface area contributed by atoms with Crippen LogP contribution < -0.4 is 4.90 Å². The highest BCUT2D eigenvalue weighted by Gasteiger charge is 2.00. The molecule has 0 aromatic carbocycles. The normalized spacial score (nSPS) is 10.1. The van der Waals surface area contributed by atoms with E-state index in [1.54, 1.807) is 13.3 Å². The van der Waals surface area contributed by atoms with Gasteiger partial charge in [-0.3, -0.25) is 0 Å². The molecule has 0 atom stereocenters. The van der Waals surface area contributed by atoms with Crippen LogP contribution in [0.4, 0.5) is 5.69 Å². The first kappa shape index (κ1) is 10.3. The molecule has 1 heterocycles. The molecule has 1 rings (SSSR count). The number of halogens is 1. The minimum Gasteiger partial charge on any atom is -0.383 e. The predicted octanol–water partition coefficient (Wildman–Crippen LogP) is 1.82. The van der Waals surface area contributed by atoms with E-state index < -0.39 is 0 Å². The molecule has 0 bridgehead atoms. The largest absolute Gasteiger partial charge is 0.383 e. The second-order valence-electron chi connectivity index (χ2n) is 2.75. The number of pyridine rings is 1. The Morgan fingerprint density at radius 1 is 1.62 bits per heavy atom. The summed E-state index contributed by atoms with van der Waals surface area (Å²) in [4.78, 5) is 5.98. The number of aromatic nitrogens is 1. The minimum absolute atomic E-state index is 0.516. The van der Waals surface area contributed by atoms with Crippen molar-refractivity contribution in [3.63, 3.8) is 0 Å². The molecule has 0 amide bonds. The van der Waals surface area contributed by atoms with Gasteiger partial charge >= 0.3 is 0 Å². The predicted molar refractivity (Wildman–Crippen MR) is 54.4 cm³/mol. The molecule has 0 aliphatic carbocycles. The van der Waals surface area contributed by atoms with E-state index in [1.165, 1.54) is 0 Å². The average molecular weight is 201 g/mol. The molecule has 13 heavy (non-hydrogen) atoms. The fourth-order valence-corrected chi connectivity index (χ4v) is 1.16. The summed E-state index contributed by atoms with van der Waals surface area (Å²) in [6, 6.07) is 3.75. The maximum Gasteiger partial charge on any atom is 0.131 e. The topological polar surface area (TPSA) is 25.4 Å². The van der Waals surface area contributed by atoms with Crippen LogP contribution in [0.5, 0.6) is 0 Å². The van der Waals surface area contributed by atoms with Gasteiger partial charge in [0.05, 0.1) is 6.61 Å². The number of nitrogens with zero attached hydrogens (tertiary/aromatic N) is 2. The van der Waals surface area contributed by atoms with Crippen LogP contribution >= 0.6 is 11.6 Å². The Morgan fingerprint density at radius 2 is 2.38 bits per heavy atom. The fourth-order valence-electron chi connectivity index (χ4n) is 0.987. The third-order valence-electron chi connectivity index (χ3n) is 1.78. The maximum absolute atomic E-state index is 5.75. The Morgan fingerprint density at radius 3 is 3.00 bits per heavy atom. The van der Waals surface area contributed by atoms with Gasteiger partial charge in [-0.05, 0) is 12.1 Å². The Hall–Kier alpha value is -0.800. The van der Waals surface area contributed by atoms with Crippen LogP contribution in [-0.2, 0) is 4.74 Å². The van der Waals surface area contributed by atoms with Gasteiger partial charge in [0, 0.05) is 32.6 Å². The van der Waals surface area contributed by atoms with Gasteiger partial charge in [-0.25, -0.2) is 4.98 Å². The van der Waals surface area contributed by atoms with Crippen molar-refractivity contribution < 1.29 is 4.74 Å². The lowest BCUT2D eigenvalue weighted by Crippen LogP contribution is -2.21. The quantitative estimate of drug-likeness (QED) is 0.694. The highest BCUT2D eigenvalue weighted by atomic mass is 35.5. The zero-order chi connectivity index (χ0) is 9.68. The van der Waals surface area contributed by atoms with Gasteiger partial charge in [-0.2, -0.15) is 0 Å². The van der Waals surface area contributed by atoms with Gasteiger partial charge < -0.3 is 9.64 Å². The molecule has 1 aromatic heterocycles. The van der Waals surface area contributed by atoms with Crippen molar-refractivity contribution in [2.24, 2.45) is 0 Å². The van der Waals surface area contributed by atoms with Crippen LogP contribution in [0.15, 0.2) is 18.3 Å². The van der Waals surface area contributed by atoms with Crippen LogP contribution in [-0.4, -0.2) is 32.3 Å². The molecule has 0 radical (unpaired) electrons. The third-order valence-corrected chi connectivity index (χ3v) is 1.99. The number of methoxy groups -OCH3 is 1. The van der Waals surface area contributed by atoms with E-state index in [0.717, 1.165) is 12.2 Å². The summed E-state index contributed by atoms with van der Waals surface area (Å²) >= 11 is 5.75. The first-order chi connectivity index (χ1) is 6.24. The highest BCUT2D eigenvalue weighted by molar-refractivity contribution is 6.29. The van der Waals surface area contributed by atoms with E-state index >= 15 is 0 Å². The van der Waals surface area contributed by atoms with Crippen LogP contribution in [0.2, 0.25) is 5.15 Å². The number of ether oxygens (including phenoxy) is 1. The van der Waals surface area contributed by atoms with E-state index in [2.05, 4.69) is 9.88 Å². The Balaban J connectivity index is 2.60. The summed E-state index contributed by atoms with van der Waals surface area (Å²) in [5.41, 5.74) is 1.05. The van der Waals surface area contributed by atoms with Crippen molar-refractivity contribution in [1.82, 2.24) is 4.98 Å². The van der Waals surface area contributed by atoms with Crippen molar-refractivity contribution in [2.45, 2.75) is 0 Å². The summed E-state index contributed by atoms with van der Waals surface area (Å²) in [6.45, 7) is 1.55. The van der Waals surface area contributed by atoms with Gasteiger partial charge in [-0.15, -0.1) is 0 Å². The first-order valence-corrected chi connectivity index (χ1v) is 4.43. The average Bonchev–Trinajstić information content (AvgIpc) is 2.14. The molecule has 0 spiro atoms. The van der Waals surface area contributed by atoms with Crippen LogP contribution in [0.25, 0.3) is 0 Å². The lowest BCUT2D eigenvalue weighted by atomic mass is 10.4. The molecular formula is C9H13ClN2O. The number of anilines is 1. The molecule has 0 N–H and O–H groups in total. The Bertz CT molecular complexity index is 268. The molecule has 1 aromatic rings. The summed E-state index contributed by atoms with van der Waals surface area (Å²) in [7, 11) is 3.68. The SMILES string of the molecule is COCCN(C)c1ccnc(Cl)c1. The Labute approximate surface area is 83.3 Å². The van der Waals surface area contributed by atoms with E-state index in [0.29, 0.717) is 11.8 Å². The molecule has 0 aliphatic heterocycles. The van der Waals surface area contributed by atoms with Gasteiger partial charge in [0.2, 0.25) is 0 Å². The molecule has 0 unspecified atom stereocenters. The highest BCUT2D eigenvalue weighted by Crippen LogP contribution is 2.15. The van der Waals surface area contributed by atoms with E-state index in [4.69, 9.17) is 16.3 Å². The van der Waals surface area contributed by atoms with Crippen LogP contribution in [0, 0.1) is 0 Å². The number of hydrogen-bond donors (Lipinski definition) is 0. The summed E-state index contributed by atoms with van der Waals surface area (Å²) in [6.07, 6.45) is 1.70. The third kappa shape index (κ3) is 3.20. The summed E-state index contributed by atoms with van der Waals surface area (Å²) in [5, 5.41) is 0.516. The zero-order valence-electron chi connectivity index (χ0n) is 7.83. The molecule has 4 heteroatoms. The molecule has 0 aliphatic rings. The van der Waals surface area contributed by atoms with Gasteiger partial charge in [0.1, 0.15) is 5.15 Å². The molecular weight excluding hydrogens is 188 g/mol. The monoisotopic (exact) mass is 200 g/mol. The van der Waals surface area contributed by atoms with E-state index in [-0.39, 0.29) is 0 Å². The van der Waals surface area contributed by atoms with Crippen LogP contribution in [0.3, 0.4) is 0 Å². The summed E-state index contributed by atoms with van der Waals surface area (Å²) < 4.78 is 4.97. The lowest BCUT2D eigenvalue weighted by Gasteiger charge is -2.18. The fraction of sp³-hybridized carbons (Fsp3) is 0.444. The standard InChI is InChI=1S/C9H13ClN2O/c1-12(5-6-13-2)8-3-4-11-9(10)7-8/h3-4,7H,5-6H2,1-2H3. The maximum atomic E-state index is 5.75. The Kier molecular flexibility index (Phi) is 3.99. The molecule has 0 fully saturated rings. The lowest BCUT2D eigenvalue weighted by molar-refractivity contribution is 0.206. The van der Waals surface area contributed by atoms with Crippen molar-refractivity contribution in [2.75, 3.05) is 32.2 Å². The zero-order valence-corrected chi connectivity index (χ0v) is 8.58. The van der Waals surface area contributed by atoms with Gasteiger partial charge in [0.15, 0.2) is 0 Å². The second-order valence-corrected chi connectivity index (χ2v) is 3.14. The molecule has 0 saturated carbocycles. The number of rotatable bonds is 4. The molecule has 72 valence electrons. The number of hydrogen-bond acceptors (Lipinski definition) is 3. The second kappa shape index (κ2) is 5.04. The molecule has 3 nitrogen and oxygen atoms in total. The van der Waals surface area contributed by atoms with Crippen molar-refractivity contribution in [3.05, 3.63) is 23.5 Å². The van der Waals surface area contributed by atoms with Crippen LogP contribution in [0.1, 0.15) is 0 Å². The van der Waals surface area contributed by atoms with Crippen molar-refractivity contribution >= 4 is 17.3 Å². The van der Waals surface area contributed by atoms with Crippen molar-refractivity contribution in [3.8, 4) is 0 Å². The first-order valence-electron chi connectivity index (χ1n) is 4.05. The van der Waals surface area contributed by atoms with Gasteiger partial charge in [-0.1, -0.05) is 11.6 Å². The van der Waals surface area contributed by atoms with Gasteiger partial charge in [0.25, 0.3) is 0 Å².